The number of carbonyl (C=O) groups excluding carboxylic acids is 1. The molecule has 1 aromatic carbocycles. The van der Waals surface area contributed by atoms with Gasteiger partial charge in [-0.3, -0.25) is 4.79 Å². The Hall–Kier alpha value is -1.72. The number of benzene rings is 1. The maximum Gasteiger partial charge on any atom is 0.229 e. The first-order valence-electron chi connectivity index (χ1n) is 7.64. The molecule has 22 heavy (non-hydrogen) atoms. The van der Waals surface area contributed by atoms with E-state index in [-0.39, 0.29) is 11.8 Å². The molecule has 1 saturated carbocycles. The van der Waals surface area contributed by atoms with Crippen molar-refractivity contribution in [1.82, 2.24) is 4.98 Å². The molecule has 0 bridgehead atoms. The van der Waals surface area contributed by atoms with E-state index in [1.807, 2.05) is 18.3 Å². The molecule has 2 aromatic rings. The van der Waals surface area contributed by atoms with Gasteiger partial charge < -0.3 is 11.1 Å². The molecular formula is C17H21N3OS. The van der Waals surface area contributed by atoms with E-state index in [9.17, 15) is 4.79 Å². The highest BCUT2D eigenvalue weighted by Gasteiger charge is 2.44. The van der Waals surface area contributed by atoms with Gasteiger partial charge in [-0.15, -0.1) is 11.3 Å². The van der Waals surface area contributed by atoms with Crippen LogP contribution in [0, 0.1) is 5.92 Å². The summed E-state index contributed by atoms with van der Waals surface area (Å²) in [4.78, 5) is 17.8. The van der Waals surface area contributed by atoms with Gasteiger partial charge in [0.25, 0.3) is 0 Å². The number of nitrogens with two attached hydrogens (primary N) is 1. The molecular weight excluding hydrogens is 294 g/mol. The normalized spacial score (nSPS) is 20.2. The SMILES string of the molecule is CC(C)c1cnc(NC(=O)[C@@H]2C[C@H]2c2cccc(CN)c2)s1. The topological polar surface area (TPSA) is 68.0 Å². The van der Waals surface area contributed by atoms with Gasteiger partial charge in [-0.2, -0.15) is 0 Å². The summed E-state index contributed by atoms with van der Waals surface area (Å²) in [6, 6.07) is 8.22. The minimum absolute atomic E-state index is 0.0550. The van der Waals surface area contributed by atoms with Gasteiger partial charge >= 0.3 is 0 Å². The third-order valence-corrected chi connectivity index (χ3v) is 5.28. The standard InChI is InChI=1S/C17H21N3OS/c1-10(2)15-9-19-17(22-15)20-16(21)14-7-13(14)12-5-3-4-11(6-12)8-18/h3-6,9-10,13-14H,7-8,18H2,1-2H3,(H,19,20,21)/t13-,14+/m0/s1. The van der Waals surface area contributed by atoms with Crippen molar-refractivity contribution in [3.05, 3.63) is 46.5 Å². The van der Waals surface area contributed by atoms with Crippen LogP contribution in [0.15, 0.2) is 30.5 Å². The molecule has 3 rings (SSSR count). The zero-order chi connectivity index (χ0) is 15.7. The molecule has 3 N–H and O–H groups in total. The van der Waals surface area contributed by atoms with Crippen molar-refractivity contribution < 1.29 is 4.79 Å². The Balaban J connectivity index is 1.62. The molecule has 4 nitrogen and oxygen atoms in total. The maximum atomic E-state index is 12.3. The highest BCUT2D eigenvalue weighted by atomic mass is 32.1. The summed E-state index contributed by atoms with van der Waals surface area (Å²) in [5.74, 6) is 0.888. The minimum atomic E-state index is 0.0550. The summed E-state index contributed by atoms with van der Waals surface area (Å²) >= 11 is 1.56. The van der Waals surface area contributed by atoms with Gasteiger partial charge in [0.05, 0.1) is 0 Å². The van der Waals surface area contributed by atoms with Crippen LogP contribution in [0.5, 0.6) is 0 Å². The predicted octanol–water partition coefficient (Wildman–Crippen LogP) is 3.47. The summed E-state index contributed by atoms with van der Waals surface area (Å²) in [7, 11) is 0. The molecule has 1 aromatic heterocycles. The quantitative estimate of drug-likeness (QED) is 0.887. The summed E-state index contributed by atoms with van der Waals surface area (Å²) in [6.45, 7) is 4.79. The van der Waals surface area contributed by atoms with Gasteiger partial charge in [0.1, 0.15) is 0 Å². The number of thiazole rings is 1. The van der Waals surface area contributed by atoms with E-state index in [1.54, 1.807) is 11.3 Å². The van der Waals surface area contributed by atoms with Gasteiger partial charge in [-0.05, 0) is 29.4 Å². The van der Waals surface area contributed by atoms with Crippen molar-refractivity contribution in [2.75, 3.05) is 5.32 Å². The van der Waals surface area contributed by atoms with Crippen molar-refractivity contribution >= 4 is 22.4 Å². The van der Waals surface area contributed by atoms with Gasteiger partial charge in [-0.25, -0.2) is 4.98 Å². The monoisotopic (exact) mass is 315 g/mol. The Morgan fingerprint density at radius 1 is 1.50 bits per heavy atom. The van der Waals surface area contributed by atoms with Crippen molar-refractivity contribution in [1.29, 1.82) is 0 Å². The van der Waals surface area contributed by atoms with E-state index < -0.39 is 0 Å². The Morgan fingerprint density at radius 3 is 3.00 bits per heavy atom. The molecule has 1 heterocycles. The number of nitrogens with one attached hydrogen (secondary N) is 1. The smallest absolute Gasteiger partial charge is 0.229 e. The fourth-order valence-corrected chi connectivity index (χ4v) is 3.43. The first-order valence-corrected chi connectivity index (χ1v) is 8.45. The molecule has 5 heteroatoms. The first-order chi connectivity index (χ1) is 10.6. The lowest BCUT2D eigenvalue weighted by atomic mass is 10.1. The number of aromatic nitrogens is 1. The minimum Gasteiger partial charge on any atom is -0.326 e. The van der Waals surface area contributed by atoms with Gasteiger partial charge in [0.2, 0.25) is 5.91 Å². The molecule has 0 unspecified atom stereocenters. The molecule has 116 valence electrons. The Kier molecular flexibility index (Phi) is 4.27. The van der Waals surface area contributed by atoms with Gasteiger partial charge in [0, 0.05) is 23.5 Å². The molecule has 1 aliphatic rings. The number of amides is 1. The summed E-state index contributed by atoms with van der Waals surface area (Å²) in [5, 5.41) is 3.66. The number of hydrogen-bond acceptors (Lipinski definition) is 4. The van der Waals surface area contributed by atoms with Gasteiger partial charge in [0.15, 0.2) is 5.13 Å². The molecule has 0 radical (unpaired) electrons. The van der Waals surface area contributed by atoms with Crippen molar-refractivity contribution in [2.24, 2.45) is 11.7 Å². The second kappa shape index (κ2) is 6.18. The van der Waals surface area contributed by atoms with Crippen LogP contribution < -0.4 is 11.1 Å². The number of hydrogen-bond donors (Lipinski definition) is 2. The molecule has 2 atom stereocenters. The first kappa shape index (κ1) is 15.2. The number of carbonyl (C=O) groups is 1. The fourth-order valence-electron chi connectivity index (χ4n) is 2.61. The van der Waals surface area contributed by atoms with Crippen molar-refractivity contribution in [3.63, 3.8) is 0 Å². The van der Waals surface area contributed by atoms with Crippen LogP contribution in [-0.4, -0.2) is 10.9 Å². The van der Waals surface area contributed by atoms with Crippen LogP contribution in [-0.2, 0) is 11.3 Å². The number of rotatable bonds is 5. The molecule has 1 aliphatic carbocycles. The second-order valence-electron chi connectivity index (χ2n) is 6.11. The lowest BCUT2D eigenvalue weighted by molar-refractivity contribution is -0.117. The Labute approximate surface area is 134 Å². The van der Waals surface area contributed by atoms with Crippen molar-refractivity contribution in [3.8, 4) is 0 Å². The molecule has 1 fully saturated rings. The lowest BCUT2D eigenvalue weighted by Crippen LogP contribution is -2.14. The van der Waals surface area contributed by atoms with E-state index in [4.69, 9.17) is 5.73 Å². The van der Waals surface area contributed by atoms with Crippen LogP contribution in [0.4, 0.5) is 5.13 Å². The van der Waals surface area contributed by atoms with E-state index in [0.717, 1.165) is 12.0 Å². The Morgan fingerprint density at radius 2 is 2.32 bits per heavy atom. The van der Waals surface area contributed by atoms with Crippen LogP contribution in [0.1, 0.15) is 48.1 Å². The second-order valence-corrected chi connectivity index (χ2v) is 7.17. The van der Waals surface area contributed by atoms with Crippen LogP contribution in [0.25, 0.3) is 0 Å². The van der Waals surface area contributed by atoms with Crippen LogP contribution in [0.2, 0.25) is 0 Å². The molecule has 1 amide bonds. The average molecular weight is 315 g/mol. The largest absolute Gasteiger partial charge is 0.326 e. The van der Waals surface area contributed by atoms with Crippen molar-refractivity contribution in [2.45, 2.75) is 38.6 Å². The van der Waals surface area contributed by atoms with E-state index in [0.29, 0.717) is 23.5 Å². The molecule has 0 saturated heterocycles. The summed E-state index contributed by atoms with van der Waals surface area (Å²) in [6.07, 6.45) is 2.75. The van der Waals surface area contributed by atoms with Gasteiger partial charge in [-0.1, -0.05) is 38.1 Å². The Bertz CT molecular complexity index is 680. The third-order valence-electron chi connectivity index (χ3n) is 4.06. The van der Waals surface area contributed by atoms with Crippen LogP contribution in [0.3, 0.4) is 0 Å². The zero-order valence-corrected chi connectivity index (χ0v) is 13.7. The lowest BCUT2D eigenvalue weighted by Gasteiger charge is -2.04. The van der Waals surface area contributed by atoms with E-state index in [1.165, 1.54) is 10.4 Å². The summed E-state index contributed by atoms with van der Waals surface area (Å²) < 4.78 is 0. The fraction of sp³-hybridized carbons (Fsp3) is 0.412. The molecule has 0 spiro atoms. The highest BCUT2D eigenvalue weighted by molar-refractivity contribution is 7.15. The summed E-state index contributed by atoms with van der Waals surface area (Å²) in [5.41, 5.74) is 8.01. The zero-order valence-electron chi connectivity index (χ0n) is 12.9. The average Bonchev–Trinajstić information content (AvgIpc) is 3.19. The third kappa shape index (κ3) is 3.20. The van der Waals surface area contributed by atoms with Crippen LogP contribution >= 0.6 is 11.3 Å². The number of anilines is 1. The highest BCUT2D eigenvalue weighted by Crippen LogP contribution is 2.48. The number of nitrogens with zero attached hydrogens (tertiary/aromatic N) is 1. The van der Waals surface area contributed by atoms with E-state index >= 15 is 0 Å². The molecule has 0 aliphatic heterocycles. The maximum absolute atomic E-state index is 12.3. The van der Waals surface area contributed by atoms with E-state index in [2.05, 4.69) is 36.3 Å². The predicted molar refractivity (Wildman–Crippen MR) is 90.0 cm³/mol.